The molecule has 0 radical (unpaired) electrons. The smallest absolute Gasteiger partial charge is 0.338 e. The second kappa shape index (κ2) is 5.48. The minimum Gasteiger partial charge on any atom is -0.478 e. The first-order valence-corrected chi connectivity index (χ1v) is 6.58. The first-order chi connectivity index (χ1) is 8.97. The molecule has 0 saturated heterocycles. The molecule has 100 valence electrons. The van der Waals surface area contributed by atoms with Gasteiger partial charge in [-0.05, 0) is 43.2 Å². The quantitative estimate of drug-likeness (QED) is 0.893. The maximum absolute atomic E-state index is 10.7. The fourth-order valence-corrected chi connectivity index (χ4v) is 2.05. The lowest BCUT2D eigenvalue weighted by Gasteiger charge is -2.09. The molecule has 0 saturated carbocycles. The van der Waals surface area contributed by atoms with Gasteiger partial charge in [0.25, 0.3) is 0 Å². The van der Waals surface area contributed by atoms with Gasteiger partial charge in [-0.25, -0.2) is 4.79 Å². The number of aromatic carboxylic acids is 1. The molecule has 1 aromatic heterocycles. The van der Waals surface area contributed by atoms with Crippen molar-refractivity contribution < 1.29 is 14.3 Å². The van der Waals surface area contributed by atoms with Crippen molar-refractivity contribution in [3.8, 4) is 0 Å². The molecular formula is C14H14BrNO3. The third-order valence-corrected chi connectivity index (χ3v) is 4.05. The van der Waals surface area contributed by atoms with Crippen molar-refractivity contribution in [1.29, 1.82) is 0 Å². The van der Waals surface area contributed by atoms with Gasteiger partial charge in [0.2, 0.25) is 0 Å². The zero-order chi connectivity index (χ0) is 14.0. The highest BCUT2D eigenvalue weighted by Crippen LogP contribution is 2.25. The Morgan fingerprint density at radius 2 is 1.95 bits per heavy atom. The molecule has 0 bridgehead atoms. The molecule has 2 rings (SSSR count). The summed E-state index contributed by atoms with van der Waals surface area (Å²) in [5.41, 5.74) is 3.44. The Balaban J connectivity index is 2.08. The van der Waals surface area contributed by atoms with Crippen LogP contribution in [-0.2, 0) is 6.54 Å². The zero-order valence-corrected chi connectivity index (χ0v) is 12.2. The van der Waals surface area contributed by atoms with Gasteiger partial charge in [-0.15, -0.1) is 0 Å². The number of carboxylic acids is 1. The number of halogens is 1. The third kappa shape index (κ3) is 3.17. The van der Waals surface area contributed by atoms with Crippen LogP contribution in [0.4, 0.5) is 5.69 Å². The van der Waals surface area contributed by atoms with E-state index in [1.54, 1.807) is 0 Å². The fraction of sp³-hybridized carbons (Fsp3) is 0.214. The molecule has 0 fully saturated rings. The van der Waals surface area contributed by atoms with E-state index in [0.29, 0.717) is 12.3 Å². The lowest BCUT2D eigenvalue weighted by molar-refractivity contribution is 0.0696. The van der Waals surface area contributed by atoms with Crippen LogP contribution in [0.3, 0.4) is 0 Å². The largest absolute Gasteiger partial charge is 0.478 e. The van der Waals surface area contributed by atoms with Crippen molar-refractivity contribution >= 4 is 27.6 Å². The Labute approximate surface area is 119 Å². The summed E-state index contributed by atoms with van der Waals surface area (Å²) in [6, 6.07) is 5.57. The lowest BCUT2D eigenvalue weighted by Crippen LogP contribution is -1.99. The van der Waals surface area contributed by atoms with Crippen LogP contribution in [0, 0.1) is 13.8 Å². The summed E-state index contributed by atoms with van der Waals surface area (Å²) in [7, 11) is 0. The molecule has 0 aliphatic carbocycles. The Hall–Kier alpha value is -1.75. The number of furan rings is 1. The van der Waals surface area contributed by atoms with Crippen LogP contribution in [0.1, 0.15) is 27.2 Å². The van der Waals surface area contributed by atoms with Gasteiger partial charge in [0, 0.05) is 10.2 Å². The highest BCUT2D eigenvalue weighted by Gasteiger charge is 2.08. The normalized spacial score (nSPS) is 10.5. The molecule has 4 nitrogen and oxygen atoms in total. The van der Waals surface area contributed by atoms with Gasteiger partial charge in [0.05, 0.1) is 12.1 Å². The highest BCUT2D eigenvalue weighted by atomic mass is 79.9. The maximum Gasteiger partial charge on any atom is 0.338 e. The molecule has 1 heterocycles. The van der Waals surface area contributed by atoms with Crippen LogP contribution in [0.15, 0.2) is 33.4 Å². The van der Waals surface area contributed by atoms with E-state index in [9.17, 15) is 4.79 Å². The summed E-state index contributed by atoms with van der Waals surface area (Å²) >= 11 is 3.52. The Bertz CT molecular complexity index is 596. The molecule has 0 spiro atoms. The van der Waals surface area contributed by atoms with Gasteiger partial charge in [-0.1, -0.05) is 15.9 Å². The molecule has 0 aliphatic rings. The average Bonchev–Trinajstić information content (AvgIpc) is 2.82. The highest BCUT2D eigenvalue weighted by molar-refractivity contribution is 9.10. The van der Waals surface area contributed by atoms with Crippen LogP contribution in [0.5, 0.6) is 0 Å². The van der Waals surface area contributed by atoms with Crippen LogP contribution < -0.4 is 5.32 Å². The number of carbonyl (C=O) groups is 1. The van der Waals surface area contributed by atoms with Crippen molar-refractivity contribution in [2.45, 2.75) is 20.4 Å². The van der Waals surface area contributed by atoms with E-state index in [-0.39, 0.29) is 5.56 Å². The SMILES string of the molecule is Cc1cc(NCc2cc(C(=O)O)co2)cc(C)c1Br. The van der Waals surface area contributed by atoms with Gasteiger partial charge in [-0.3, -0.25) is 0 Å². The molecule has 0 atom stereocenters. The van der Waals surface area contributed by atoms with Crippen LogP contribution in [0.25, 0.3) is 0 Å². The van der Waals surface area contributed by atoms with E-state index >= 15 is 0 Å². The summed E-state index contributed by atoms with van der Waals surface area (Å²) in [6.45, 7) is 4.50. The van der Waals surface area contributed by atoms with E-state index in [4.69, 9.17) is 9.52 Å². The van der Waals surface area contributed by atoms with Crippen LogP contribution in [-0.4, -0.2) is 11.1 Å². The predicted molar refractivity (Wildman–Crippen MR) is 76.6 cm³/mol. The van der Waals surface area contributed by atoms with E-state index in [0.717, 1.165) is 21.3 Å². The monoisotopic (exact) mass is 323 g/mol. The fourth-order valence-electron chi connectivity index (χ4n) is 1.82. The van der Waals surface area contributed by atoms with Gasteiger partial charge in [0.15, 0.2) is 0 Å². The number of rotatable bonds is 4. The lowest BCUT2D eigenvalue weighted by atomic mass is 10.1. The molecular weight excluding hydrogens is 310 g/mol. The topological polar surface area (TPSA) is 62.5 Å². The average molecular weight is 324 g/mol. The van der Waals surface area contributed by atoms with Crippen LogP contribution >= 0.6 is 15.9 Å². The standard InChI is InChI=1S/C14H14BrNO3/c1-8-3-11(4-9(2)13(8)15)16-6-12-5-10(7-19-12)14(17)18/h3-5,7,16H,6H2,1-2H3,(H,17,18). The van der Waals surface area contributed by atoms with E-state index in [1.807, 2.05) is 26.0 Å². The van der Waals surface area contributed by atoms with Crippen molar-refractivity contribution in [3.05, 3.63) is 51.4 Å². The van der Waals surface area contributed by atoms with E-state index in [2.05, 4.69) is 21.2 Å². The molecule has 0 unspecified atom stereocenters. The first-order valence-electron chi connectivity index (χ1n) is 5.78. The minimum atomic E-state index is -0.981. The Kier molecular flexibility index (Phi) is 3.95. The molecule has 2 aromatic rings. The molecule has 2 N–H and O–H groups in total. The van der Waals surface area contributed by atoms with Crippen molar-refractivity contribution in [2.24, 2.45) is 0 Å². The zero-order valence-electron chi connectivity index (χ0n) is 10.7. The number of hydrogen-bond donors (Lipinski definition) is 2. The third-order valence-electron chi connectivity index (χ3n) is 2.80. The van der Waals surface area contributed by atoms with Crippen LogP contribution in [0.2, 0.25) is 0 Å². The number of anilines is 1. The predicted octanol–water partition coefficient (Wildman–Crippen LogP) is 3.97. The van der Waals surface area contributed by atoms with Crippen molar-refractivity contribution in [2.75, 3.05) is 5.32 Å². The number of aryl methyl sites for hydroxylation is 2. The van der Waals surface area contributed by atoms with E-state index < -0.39 is 5.97 Å². The summed E-state index contributed by atoms with van der Waals surface area (Å²) in [5, 5.41) is 12.0. The van der Waals surface area contributed by atoms with E-state index in [1.165, 1.54) is 12.3 Å². The molecule has 5 heteroatoms. The number of carboxylic acid groups (broad SMARTS) is 1. The van der Waals surface area contributed by atoms with Gasteiger partial charge >= 0.3 is 5.97 Å². The second-order valence-corrected chi connectivity index (χ2v) is 5.18. The Morgan fingerprint density at radius 1 is 1.32 bits per heavy atom. The maximum atomic E-state index is 10.7. The second-order valence-electron chi connectivity index (χ2n) is 4.38. The molecule has 0 aliphatic heterocycles. The van der Waals surface area contributed by atoms with Gasteiger partial charge < -0.3 is 14.8 Å². The van der Waals surface area contributed by atoms with Crippen molar-refractivity contribution in [3.63, 3.8) is 0 Å². The minimum absolute atomic E-state index is 0.167. The van der Waals surface area contributed by atoms with Crippen molar-refractivity contribution in [1.82, 2.24) is 0 Å². The first kappa shape index (κ1) is 13.7. The summed E-state index contributed by atoms with van der Waals surface area (Å²) < 4.78 is 6.28. The molecule has 0 amide bonds. The number of benzene rings is 1. The molecule has 1 aromatic carbocycles. The molecule has 19 heavy (non-hydrogen) atoms. The summed E-state index contributed by atoms with van der Waals surface area (Å²) in [6.07, 6.45) is 1.25. The summed E-state index contributed by atoms with van der Waals surface area (Å²) in [5.74, 6) is -0.388. The summed E-state index contributed by atoms with van der Waals surface area (Å²) in [4.78, 5) is 10.7. The van der Waals surface area contributed by atoms with Gasteiger partial charge in [0.1, 0.15) is 12.0 Å². The number of hydrogen-bond acceptors (Lipinski definition) is 3. The Morgan fingerprint density at radius 3 is 2.47 bits per heavy atom. The number of nitrogens with one attached hydrogen (secondary N) is 1. The van der Waals surface area contributed by atoms with Gasteiger partial charge in [-0.2, -0.15) is 0 Å².